The number of nitrogens with one attached hydrogen (secondary N) is 1. The van der Waals surface area contributed by atoms with Crippen LogP contribution in [0.2, 0.25) is 0 Å². The number of benzene rings is 1. The van der Waals surface area contributed by atoms with Crippen molar-refractivity contribution in [1.82, 2.24) is 5.32 Å². The Hall–Kier alpha value is -1.75. The molecule has 1 aromatic carbocycles. The van der Waals surface area contributed by atoms with Crippen molar-refractivity contribution in [3.05, 3.63) is 23.8 Å². The molecule has 0 saturated heterocycles. The number of carbonyl (C=O) groups is 1. The summed E-state index contributed by atoms with van der Waals surface area (Å²) in [6.45, 7) is 0. The quantitative estimate of drug-likeness (QED) is 0.685. The third-order valence-electron chi connectivity index (χ3n) is 2.99. The predicted molar refractivity (Wildman–Crippen MR) is 61.1 cm³/mol. The van der Waals surface area contributed by atoms with Gasteiger partial charge in [0.05, 0.1) is 11.7 Å². The van der Waals surface area contributed by atoms with Gasteiger partial charge in [0.15, 0.2) is 0 Å². The number of phenols is 2. The molecule has 1 saturated carbocycles. The van der Waals surface area contributed by atoms with Gasteiger partial charge in [0, 0.05) is 13.2 Å². The molecule has 1 fully saturated rings. The maximum Gasteiger partial charge on any atom is 0.255 e. The summed E-state index contributed by atoms with van der Waals surface area (Å²) in [6.07, 6.45) is 1.77. The Morgan fingerprint density at radius 3 is 2.76 bits per heavy atom. The van der Waals surface area contributed by atoms with Crippen LogP contribution < -0.4 is 5.32 Å². The van der Waals surface area contributed by atoms with Crippen LogP contribution in [0.1, 0.15) is 23.2 Å². The molecular formula is C12H15NO4. The molecule has 1 aliphatic carbocycles. The molecule has 3 N–H and O–H groups in total. The molecule has 1 aromatic rings. The summed E-state index contributed by atoms with van der Waals surface area (Å²) in [5, 5.41) is 21.5. The lowest BCUT2D eigenvalue weighted by Gasteiger charge is -2.34. The van der Waals surface area contributed by atoms with Crippen LogP contribution in [0.25, 0.3) is 0 Å². The van der Waals surface area contributed by atoms with Gasteiger partial charge in [-0.05, 0) is 31.0 Å². The first-order chi connectivity index (χ1) is 8.10. The maximum absolute atomic E-state index is 11.8. The van der Waals surface area contributed by atoms with Gasteiger partial charge in [0.25, 0.3) is 5.91 Å². The molecule has 2 rings (SSSR count). The molecule has 0 heterocycles. The highest BCUT2D eigenvalue weighted by atomic mass is 16.5. The Kier molecular flexibility index (Phi) is 3.19. The number of phenolic OH excluding ortho intramolecular Hbond substituents is 2. The summed E-state index contributed by atoms with van der Waals surface area (Å²) in [5.41, 5.74) is 0.0888. The summed E-state index contributed by atoms with van der Waals surface area (Å²) in [6, 6.07) is 3.95. The fourth-order valence-electron chi connectivity index (χ4n) is 1.84. The summed E-state index contributed by atoms with van der Waals surface area (Å²) >= 11 is 0. The van der Waals surface area contributed by atoms with Crippen LogP contribution in [0, 0.1) is 0 Å². The first kappa shape index (κ1) is 11.7. The molecule has 0 atom stereocenters. The van der Waals surface area contributed by atoms with Crippen molar-refractivity contribution in [2.24, 2.45) is 0 Å². The van der Waals surface area contributed by atoms with Crippen LogP contribution in [0.15, 0.2) is 18.2 Å². The first-order valence-corrected chi connectivity index (χ1v) is 5.45. The Morgan fingerprint density at radius 2 is 2.12 bits per heavy atom. The number of methoxy groups -OCH3 is 1. The van der Waals surface area contributed by atoms with Crippen molar-refractivity contribution in [2.45, 2.75) is 25.0 Å². The van der Waals surface area contributed by atoms with Gasteiger partial charge in [-0.25, -0.2) is 0 Å². The fourth-order valence-corrected chi connectivity index (χ4v) is 1.84. The third-order valence-corrected chi connectivity index (χ3v) is 2.99. The second kappa shape index (κ2) is 4.63. The maximum atomic E-state index is 11.8. The van der Waals surface area contributed by atoms with Crippen molar-refractivity contribution in [2.75, 3.05) is 7.11 Å². The van der Waals surface area contributed by atoms with Crippen LogP contribution in [0.4, 0.5) is 0 Å². The molecule has 92 valence electrons. The number of aromatic hydroxyl groups is 2. The van der Waals surface area contributed by atoms with Crippen molar-refractivity contribution in [1.29, 1.82) is 0 Å². The van der Waals surface area contributed by atoms with E-state index in [1.807, 2.05) is 0 Å². The standard InChI is InChI=1S/C12H15NO4/c1-17-9-4-7(5-9)13-12(16)10-6-8(14)2-3-11(10)15/h2-3,6-7,9,14-15H,4-5H2,1H3,(H,13,16). The molecule has 0 bridgehead atoms. The Bertz CT molecular complexity index is 427. The van der Waals surface area contributed by atoms with Gasteiger partial charge in [-0.1, -0.05) is 0 Å². The van der Waals surface area contributed by atoms with Gasteiger partial charge < -0.3 is 20.3 Å². The monoisotopic (exact) mass is 237 g/mol. The number of rotatable bonds is 3. The van der Waals surface area contributed by atoms with Gasteiger partial charge in [-0.2, -0.15) is 0 Å². The molecule has 17 heavy (non-hydrogen) atoms. The predicted octanol–water partition coefficient (Wildman–Crippen LogP) is 1.00. The van der Waals surface area contributed by atoms with Crippen LogP contribution in [-0.2, 0) is 4.74 Å². The van der Waals surface area contributed by atoms with E-state index in [9.17, 15) is 15.0 Å². The lowest BCUT2D eigenvalue weighted by atomic mass is 9.89. The highest BCUT2D eigenvalue weighted by molar-refractivity contribution is 5.97. The summed E-state index contributed by atoms with van der Waals surface area (Å²) in [4.78, 5) is 11.8. The van der Waals surface area contributed by atoms with E-state index in [1.165, 1.54) is 18.2 Å². The molecule has 5 nitrogen and oxygen atoms in total. The zero-order chi connectivity index (χ0) is 12.4. The lowest BCUT2D eigenvalue weighted by Crippen LogP contribution is -2.47. The van der Waals surface area contributed by atoms with Gasteiger partial charge in [-0.3, -0.25) is 4.79 Å². The molecule has 0 spiro atoms. The Labute approximate surface area is 99.0 Å². The highest BCUT2D eigenvalue weighted by Crippen LogP contribution is 2.25. The van der Waals surface area contributed by atoms with E-state index in [0.717, 1.165) is 12.8 Å². The van der Waals surface area contributed by atoms with E-state index in [2.05, 4.69) is 5.32 Å². The zero-order valence-corrected chi connectivity index (χ0v) is 9.51. The van der Waals surface area contributed by atoms with Crippen molar-refractivity contribution >= 4 is 5.91 Å². The van der Waals surface area contributed by atoms with Crippen LogP contribution in [0.3, 0.4) is 0 Å². The average Bonchev–Trinajstić information content (AvgIpc) is 2.25. The second-order valence-corrected chi connectivity index (χ2v) is 4.20. The zero-order valence-electron chi connectivity index (χ0n) is 9.51. The van der Waals surface area contributed by atoms with Gasteiger partial charge in [0.2, 0.25) is 0 Å². The number of hydrogen-bond acceptors (Lipinski definition) is 4. The number of ether oxygens (including phenoxy) is 1. The van der Waals surface area contributed by atoms with Crippen LogP contribution >= 0.6 is 0 Å². The van der Waals surface area contributed by atoms with Gasteiger partial charge >= 0.3 is 0 Å². The normalized spacial score (nSPS) is 22.9. The van der Waals surface area contributed by atoms with E-state index in [-0.39, 0.29) is 35.1 Å². The Balaban J connectivity index is 1.98. The second-order valence-electron chi connectivity index (χ2n) is 4.20. The highest BCUT2D eigenvalue weighted by Gasteiger charge is 2.30. The number of carbonyl (C=O) groups excluding carboxylic acids is 1. The minimum atomic E-state index is -0.377. The molecule has 0 aliphatic heterocycles. The smallest absolute Gasteiger partial charge is 0.255 e. The molecular weight excluding hydrogens is 222 g/mol. The largest absolute Gasteiger partial charge is 0.508 e. The Morgan fingerprint density at radius 1 is 1.41 bits per heavy atom. The van der Waals surface area contributed by atoms with Crippen molar-refractivity contribution in [3.63, 3.8) is 0 Å². The minimum absolute atomic E-state index is 0.0451. The summed E-state index contributed by atoms with van der Waals surface area (Å²) < 4.78 is 5.11. The summed E-state index contributed by atoms with van der Waals surface area (Å²) in [5.74, 6) is -0.558. The SMILES string of the molecule is COC1CC(NC(=O)c2cc(O)ccc2O)C1. The number of amides is 1. The van der Waals surface area contributed by atoms with E-state index in [1.54, 1.807) is 7.11 Å². The lowest BCUT2D eigenvalue weighted by molar-refractivity contribution is 0.0176. The van der Waals surface area contributed by atoms with E-state index in [0.29, 0.717) is 0 Å². The molecule has 0 aromatic heterocycles. The minimum Gasteiger partial charge on any atom is -0.508 e. The molecule has 0 radical (unpaired) electrons. The van der Waals surface area contributed by atoms with Crippen LogP contribution in [0.5, 0.6) is 11.5 Å². The van der Waals surface area contributed by atoms with Gasteiger partial charge in [0.1, 0.15) is 11.5 Å². The first-order valence-electron chi connectivity index (χ1n) is 5.45. The van der Waals surface area contributed by atoms with Crippen molar-refractivity contribution in [3.8, 4) is 11.5 Å². The van der Waals surface area contributed by atoms with E-state index < -0.39 is 0 Å². The van der Waals surface area contributed by atoms with E-state index >= 15 is 0 Å². The average molecular weight is 237 g/mol. The molecule has 5 heteroatoms. The molecule has 1 aliphatic rings. The van der Waals surface area contributed by atoms with Crippen LogP contribution in [-0.4, -0.2) is 35.4 Å². The number of hydrogen-bond donors (Lipinski definition) is 3. The third kappa shape index (κ3) is 2.50. The van der Waals surface area contributed by atoms with E-state index in [4.69, 9.17) is 4.74 Å². The molecule has 1 amide bonds. The fraction of sp³-hybridized carbons (Fsp3) is 0.417. The van der Waals surface area contributed by atoms with Gasteiger partial charge in [-0.15, -0.1) is 0 Å². The topological polar surface area (TPSA) is 78.8 Å². The molecule has 0 unspecified atom stereocenters. The summed E-state index contributed by atoms with van der Waals surface area (Å²) in [7, 11) is 1.64. The van der Waals surface area contributed by atoms with Crippen molar-refractivity contribution < 1.29 is 19.7 Å².